The minimum absolute atomic E-state index is 0.0583. The van der Waals surface area contributed by atoms with Crippen LogP contribution in [-0.4, -0.2) is 66.6 Å². The molecule has 15 heavy (non-hydrogen) atoms. The summed E-state index contributed by atoms with van der Waals surface area (Å²) in [5.74, 6) is -1.08. The Morgan fingerprint density at radius 1 is 1.27 bits per heavy atom. The van der Waals surface area contributed by atoms with Crippen molar-refractivity contribution >= 4 is 5.91 Å². The summed E-state index contributed by atoms with van der Waals surface area (Å²) in [7, 11) is 0. The predicted octanol–water partition coefficient (Wildman–Crippen LogP) is -0.222. The topological polar surface area (TPSA) is 43.8 Å². The molecule has 0 atom stereocenters. The normalized spacial score (nSPS) is 19.3. The number of carbonyl (C=O) groups is 1. The van der Waals surface area contributed by atoms with Crippen LogP contribution in [0.3, 0.4) is 0 Å². The first-order valence-corrected chi connectivity index (χ1v) is 5.05. The standard InChI is InChI=1S/C9H16F2N2O2/c10-8(11)9(15)13-3-1-2-12(4-5-13)6-7-14/h8,14H,1-7H2. The number of halogens is 2. The number of nitrogens with zero attached hydrogens (tertiary/aromatic N) is 2. The largest absolute Gasteiger partial charge is 0.395 e. The van der Waals surface area contributed by atoms with E-state index in [1.807, 2.05) is 4.90 Å². The molecule has 1 saturated heterocycles. The van der Waals surface area contributed by atoms with Gasteiger partial charge in [-0.15, -0.1) is 0 Å². The number of carbonyl (C=O) groups excluding carboxylic acids is 1. The molecule has 1 amide bonds. The van der Waals surface area contributed by atoms with Crippen LogP contribution in [0.15, 0.2) is 0 Å². The maximum atomic E-state index is 12.1. The number of aliphatic hydroxyl groups excluding tert-OH is 1. The second-order valence-corrected chi connectivity index (χ2v) is 3.54. The van der Waals surface area contributed by atoms with Gasteiger partial charge in [0.05, 0.1) is 6.61 Å². The maximum Gasteiger partial charge on any atom is 0.315 e. The van der Waals surface area contributed by atoms with Crippen LogP contribution in [-0.2, 0) is 4.79 Å². The van der Waals surface area contributed by atoms with Gasteiger partial charge in [-0.25, -0.2) is 0 Å². The first-order valence-electron chi connectivity index (χ1n) is 5.05. The van der Waals surface area contributed by atoms with Crippen LogP contribution in [0.1, 0.15) is 6.42 Å². The molecule has 6 heteroatoms. The van der Waals surface area contributed by atoms with Crippen LogP contribution in [0.5, 0.6) is 0 Å². The summed E-state index contributed by atoms with van der Waals surface area (Å²) in [6, 6.07) is 0. The second-order valence-electron chi connectivity index (χ2n) is 3.54. The minimum atomic E-state index is -2.91. The van der Waals surface area contributed by atoms with E-state index in [0.717, 1.165) is 6.54 Å². The zero-order valence-corrected chi connectivity index (χ0v) is 8.53. The quantitative estimate of drug-likeness (QED) is 0.718. The third kappa shape index (κ3) is 3.71. The number of hydrogen-bond acceptors (Lipinski definition) is 3. The van der Waals surface area contributed by atoms with E-state index in [9.17, 15) is 13.6 Å². The Morgan fingerprint density at radius 3 is 2.60 bits per heavy atom. The van der Waals surface area contributed by atoms with Crippen molar-refractivity contribution in [2.24, 2.45) is 0 Å². The van der Waals surface area contributed by atoms with E-state index in [2.05, 4.69) is 0 Å². The summed E-state index contributed by atoms with van der Waals surface area (Å²) in [5.41, 5.74) is 0. The number of amides is 1. The molecule has 0 saturated carbocycles. The third-order valence-corrected chi connectivity index (χ3v) is 2.50. The Hall–Kier alpha value is -0.750. The van der Waals surface area contributed by atoms with Crippen molar-refractivity contribution in [3.63, 3.8) is 0 Å². The fourth-order valence-corrected chi connectivity index (χ4v) is 1.69. The van der Waals surface area contributed by atoms with Gasteiger partial charge in [0.1, 0.15) is 0 Å². The zero-order chi connectivity index (χ0) is 11.3. The maximum absolute atomic E-state index is 12.1. The summed E-state index contributed by atoms with van der Waals surface area (Å²) < 4.78 is 24.3. The highest BCUT2D eigenvalue weighted by Crippen LogP contribution is 2.06. The van der Waals surface area contributed by atoms with Crippen LogP contribution < -0.4 is 0 Å². The van der Waals surface area contributed by atoms with E-state index in [-0.39, 0.29) is 6.61 Å². The molecular formula is C9H16F2N2O2. The van der Waals surface area contributed by atoms with Gasteiger partial charge >= 0.3 is 6.43 Å². The molecule has 88 valence electrons. The molecule has 0 bridgehead atoms. The molecule has 4 nitrogen and oxygen atoms in total. The summed E-state index contributed by atoms with van der Waals surface area (Å²) in [6.45, 7) is 2.60. The molecule has 0 aromatic carbocycles. The van der Waals surface area contributed by atoms with Crippen molar-refractivity contribution in [2.75, 3.05) is 39.3 Å². The molecule has 1 aliphatic rings. The van der Waals surface area contributed by atoms with E-state index < -0.39 is 12.3 Å². The summed E-state index contributed by atoms with van der Waals surface area (Å²) >= 11 is 0. The van der Waals surface area contributed by atoms with E-state index in [1.165, 1.54) is 4.90 Å². The van der Waals surface area contributed by atoms with Crippen molar-refractivity contribution in [1.82, 2.24) is 9.80 Å². The van der Waals surface area contributed by atoms with E-state index in [0.29, 0.717) is 32.6 Å². The van der Waals surface area contributed by atoms with Crippen LogP contribution in [0, 0.1) is 0 Å². The fraction of sp³-hybridized carbons (Fsp3) is 0.889. The molecular weight excluding hydrogens is 206 g/mol. The Morgan fingerprint density at radius 2 is 2.00 bits per heavy atom. The van der Waals surface area contributed by atoms with Crippen LogP contribution in [0.2, 0.25) is 0 Å². The van der Waals surface area contributed by atoms with Gasteiger partial charge in [-0.1, -0.05) is 0 Å². The van der Waals surface area contributed by atoms with Gasteiger partial charge in [0, 0.05) is 26.2 Å². The number of aliphatic hydroxyl groups is 1. The van der Waals surface area contributed by atoms with Crippen molar-refractivity contribution in [3.05, 3.63) is 0 Å². The van der Waals surface area contributed by atoms with Crippen LogP contribution in [0.25, 0.3) is 0 Å². The number of alkyl halides is 2. The molecule has 0 unspecified atom stereocenters. The molecule has 0 aliphatic carbocycles. The van der Waals surface area contributed by atoms with Crippen molar-refractivity contribution in [1.29, 1.82) is 0 Å². The highest BCUT2D eigenvalue weighted by atomic mass is 19.3. The average Bonchev–Trinajstić information content (AvgIpc) is 2.43. The Balaban J connectivity index is 2.42. The molecule has 0 aromatic rings. The van der Waals surface area contributed by atoms with Gasteiger partial charge in [-0.2, -0.15) is 8.78 Å². The monoisotopic (exact) mass is 222 g/mol. The van der Waals surface area contributed by atoms with E-state index in [4.69, 9.17) is 5.11 Å². The fourth-order valence-electron chi connectivity index (χ4n) is 1.69. The lowest BCUT2D eigenvalue weighted by atomic mass is 10.4. The molecule has 1 rings (SSSR count). The third-order valence-electron chi connectivity index (χ3n) is 2.50. The highest BCUT2D eigenvalue weighted by molar-refractivity contribution is 5.79. The lowest BCUT2D eigenvalue weighted by Crippen LogP contribution is -2.38. The van der Waals surface area contributed by atoms with Gasteiger partial charge in [-0.05, 0) is 13.0 Å². The van der Waals surface area contributed by atoms with E-state index in [1.54, 1.807) is 0 Å². The van der Waals surface area contributed by atoms with Crippen molar-refractivity contribution in [3.8, 4) is 0 Å². The van der Waals surface area contributed by atoms with Gasteiger partial charge in [0.25, 0.3) is 5.91 Å². The lowest BCUT2D eigenvalue weighted by Gasteiger charge is -2.20. The summed E-state index contributed by atoms with van der Waals surface area (Å²) in [6.07, 6.45) is -2.23. The van der Waals surface area contributed by atoms with Gasteiger partial charge in [0.2, 0.25) is 0 Å². The second kappa shape index (κ2) is 5.97. The van der Waals surface area contributed by atoms with Crippen LogP contribution in [0.4, 0.5) is 8.78 Å². The zero-order valence-electron chi connectivity index (χ0n) is 8.53. The lowest BCUT2D eigenvalue weighted by molar-refractivity contribution is -0.142. The molecule has 0 aromatic heterocycles. The molecule has 1 N–H and O–H groups in total. The first kappa shape index (κ1) is 12.3. The molecule has 0 spiro atoms. The van der Waals surface area contributed by atoms with Gasteiger partial charge in [-0.3, -0.25) is 9.69 Å². The number of rotatable bonds is 3. The van der Waals surface area contributed by atoms with Gasteiger partial charge < -0.3 is 10.0 Å². The summed E-state index contributed by atoms with van der Waals surface area (Å²) in [4.78, 5) is 14.2. The smallest absolute Gasteiger partial charge is 0.315 e. The first-order chi connectivity index (χ1) is 7.15. The van der Waals surface area contributed by atoms with E-state index >= 15 is 0 Å². The Bertz CT molecular complexity index is 214. The number of β-amino-alcohol motifs (C(OH)–C–C–N with tert-alkyl or cyclic N) is 1. The average molecular weight is 222 g/mol. The summed E-state index contributed by atoms with van der Waals surface area (Å²) in [5, 5.41) is 8.73. The molecule has 1 heterocycles. The predicted molar refractivity (Wildman–Crippen MR) is 50.7 cm³/mol. The van der Waals surface area contributed by atoms with Crippen molar-refractivity contribution in [2.45, 2.75) is 12.8 Å². The molecule has 0 radical (unpaired) electrons. The molecule has 1 aliphatic heterocycles. The molecule has 1 fully saturated rings. The highest BCUT2D eigenvalue weighted by Gasteiger charge is 2.25. The van der Waals surface area contributed by atoms with Crippen LogP contribution >= 0.6 is 0 Å². The SMILES string of the molecule is O=C(C(F)F)N1CCCN(CCO)CC1. The Kier molecular flexibility index (Phi) is 4.90. The van der Waals surface area contributed by atoms with Gasteiger partial charge in [0.15, 0.2) is 0 Å². The minimum Gasteiger partial charge on any atom is -0.395 e. The van der Waals surface area contributed by atoms with Crippen molar-refractivity contribution < 1.29 is 18.7 Å². The Labute approximate surface area is 87.5 Å². The number of hydrogen-bond donors (Lipinski definition) is 1.